The van der Waals surface area contributed by atoms with E-state index in [4.69, 9.17) is 4.74 Å². The van der Waals surface area contributed by atoms with Crippen LogP contribution in [-0.2, 0) is 10.2 Å². The molecule has 0 bridgehead atoms. The Morgan fingerprint density at radius 3 is 2.65 bits per heavy atom. The molecule has 2 rings (SSSR count). The van der Waals surface area contributed by atoms with Gasteiger partial charge in [0, 0.05) is 42.5 Å². The highest BCUT2D eigenvalue weighted by molar-refractivity contribution is 6.04. The predicted molar refractivity (Wildman–Crippen MR) is 98.7 cm³/mol. The molecule has 0 fully saturated rings. The second-order valence-electron chi connectivity index (χ2n) is 6.78. The molecule has 0 saturated heterocycles. The number of benzene rings is 1. The Bertz CT molecular complexity index is 795. The molecule has 0 spiro atoms. The van der Waals surface area contributed by atoms with Gasteiger partial charge in [-0.15, -0.1) is 0 Å². The van der Waals surface area contributed by atoms with Crippen molar-refractivity contribution in [2.24, 2.45) is 0 Å². The Kier molecular flexibility index (Phi) is 5.93. The number of methoxy groups -OCH3 is 1. The van der Waals surface area contributed by atoms with Gasteiger partial charge in [0.2, 0.25) is 0 Å². The highest BCUT2D eigenvalue weighted by Gasteiger charge is 2.20. The third kappa shape index (κ3) is 4.79. The van der Waals surface area contributed by atoms with E-state index in [1.807, 2.05) is 20.8 Å². The van der Waals surface area contributed by atoms with Gasteiger partial charge in [-0.05, 0) is 12.1 Å². The summed E-state index contributed by atoms with van der Waals surface area (Å²) in [6.45, 7) is 6.89. The fraction of sp³-hybridized carbons (Fsp3) is 0.412. The molecule has 3 N–H and O–H groups in total. The quantitative estimate of drug-likeness (QED) is 0.396. The Hall–Kier alpha value is -2.94. The summed E-state index contributed by atoms with van der Waals surface area (Å²) in [5.74, 6) is -0.103. The van der Waals surface area contributed by atoms with Crippen molar-refractivity contribution in [3.8, 4) is 0 Å². The number of carbonyl (C=O) groups excluding carboxylic acids is 1. The Labute approximate surface area is 151 Å². The lowest BCUT2D eigenvalue weighted by molar-refractivity contribution is -0.384. The van der Waals surface area contributed by atoms with Crippen LogP contribution in [0.4, 0.5) is 17.2 Å². The minimum absolute atomic E-state index is 0.135. The maximum absolute atomic E-state index is 12.4. The zero-order chi connectivity index (χ0) is 19.3. The Balaban J connectivity index is 2.17. The molecule has 1 amide bonds. The highest BCUT2D eigenvalue weighted by atomic mass is 16.6. The summed E-state index contributed by atoms with van der Waals surface area (Å²) in [6.07, 6.45) is 0. The molecule has 0 atom stereocenters. The summed E-state index contributed by atoms with van der Waals surface area (Å²) in [7, 11) is 1.55. The minimum Gasteiger partial charge on any atom is -0.383 e. The van der Waals surface area contributed by atoms with Gasteiger partial charge in [-0.3, -0.25) is 20.0 Å². The van der Waals surface area contributed by atoms with Gasteiger partial charge in [-0.25, -0.2) is 0 Å². The first-order chi connectivity index (χ1) is 12.2. The number of carbonyl (C=O) groups is 1. The maximum Gasteiger partial charge on any atom is 0.293 e. The van der Waals surface area contributed by atoms with Crippen molar-refractivity contribution in [1.82, 2.24) is 10.2 Å². The Morgan fingerprint density at radius 2 is 2.08 bits per heavy atom. The molecule has 9 heteroatoms. The average molecular weight is 361 g/mol. The van der Waals surface area contributed by atoms with E-state index in [0.29, 0.717) is 24.7 Å². The molecule has 0 aliphatic carbocycles. The summed E-state index contributed by atoms with van der Waals surface area (Å²) in [5.41, 5.74) is 1.07. The maximum atomic E-state index is 12.4. The van der Waals surface area contributed by atoms with Crippen LogP contribution in [0.3, 0.4) is 0 Å². The molecule has 140 valence electrons. The molecule has 1 aromatic carbocycles. The number of aromatic amines is 1. The number of aromatic nitrogens is 2. The number of nitro groups is 1. The predicted octanol–water partition coefficient (Wildman–Crippen LogP) is 2.93. The topological polar surface area (TPSA) is 122 Å². The van der Waals surface area contributed by atoms with Crippen molar-refractivity contribution in [2.75, 3.05) is 30.9 Å². The lowest BCUT2D eigenvalue weighted by atomic mass is 9.92. The van der Waals surface area contributed by atoms with E-state index in [9.17, 15) is 14.9 Å². The number of ether oxygens (including phenoxy) is 1. The van der Waals surface area contributed by atoms with Crippen LogP contribution >= 0.6 is 0 Å². The molecule has 0 unspecified atom stereocenters. The molecular weight excluding hydrogens is 338 g/mol. The van der Waals surface area contributed by atoms with Gasteiger partial charge in [-0.1, -0.05) is 20.8 Å². The molecule has 1 heterocycles. The number of nitro benzene ring substituents is 1. The van der Waals surface area contributed by atoms with E-state index in [-0.39, 0.29) is 16.7 Å². The normalized spacial score (nSPS) is 11.2. The Morgan fingerprint density at radius 1 is 1.35 bits per heavy atom. The number of nitrogens with one attached hydrogen (secondary N) is 3. The number of anilines is 2. The highest BCUT2D eigenvalue weighted by Crippen LogP contribution is 2.26. The number of hydrogen-bond acceptors (Lipinski definition) is 6. The fourth-order valence-corrected chi connectivity index (χ4v) is 2.22. The third-order valence-corrected chi connectivity index (χ3v) is 3.71. The largest absolute Gasteiger partial charge is 0.383 e. The number of rotatable bonds is 7. The molecule has 2 aromatic rings. The lowest BCUT2D eigenvalue weighted by Crippen LogP contribution is -2.14. The average Bonchev–Trinajstić information content (AvgIpc) is 3.04. The molecular formula is C17H23N5O4. The number of hydrogen-bond donors (Lipinski definition) is 3. The van der Waals surface area contributed by atoms with Gasteiger partial charge in [0.05, 0.1) is 11.5 Å². The van der Waals surface area contributed by atoms with Crippen LogP contribution in [0.15, 0.2) is 24.3 Å². The molecule has 1 aromatic heterocycles. The second kappa shape index (κ2) is 7.96. The smallest absolute Gasteiger partial charge is 0.293 e. The van der Waals surface area contributed by atoms with E-state index in [0.717, 1.165) is 5.69 Å². The van der Waals surface area contributed by atoms with E-state index in [1.54, 1.807) is 13.2 Å². The van der Waals surface area contributed by atoms with Crippen molar-refractivity contribution in [3.63, 3.8) is 0 Å². The van der Waals surface area contributed by atoms with Gasteiger partial charge < -0.3 is 15.4 Å². The summed E-state index contributed by atoms with van der Waals surface area (Å²) < 4.78 is 4.91. The zero-order valence-corrected chi connectivity index (χ0v) is 15.3. The van der Waals surface area contributed by atoms with E-state index >= 15 is 0 Å². The van der Waals surface area contributed by atoms with Gasteiger partial charge in [0.1, 0.15) is 5.69 Å². The summed E-state index contributed by atoms with van der Waals surface area (Å²) in [6, 6.07) is 6.01. The van der Waals surface area contributed by atoms with E-state index in [2.05, 4.69) is 20.8 Å². The van der Waals surface area contributed by atoms with Gasteiger partial charge in [0.15, 0.2) is 5.82 Å². The third-order valence-electron chi connectivity index (χ3n) is 3.71. The van der Waals surface area contributed by atoms with Gasteiger partial charge in [-0.2, -0.15) is 5.10 Å². The van der Waals surface area contributed by atoms with Gasteiger partial charge in [0.25, 0.3) is 11.6 Å². The molecule has 9 nitrogen and oxygen atoms in total. The van der Waals surface area contributed by atoms with Gasteiger partial charge >= 0.3 is 0 Å². The van der Waals surface area contributed by atoms with Crippen molar-refractivity contribution in [2.45, 2.75) is 26.2 Å². The van der Waals surface area contributed by atoms with Crippen molar-refractivity contribution >= 4 is 23.1 Å². The van der Waals surface area contributed by atoms with Crippen LogP contribution in [0.5, 0.6) is 0 Å². The van der Waals surface area contributed by atoms with E-state index < -0.39 is 10.8 Å². The van der Waals surface area contributed by atoms with Crippen LogP contribution in [0, 0.1) is 10.1 Å². The van der Waals surface area contributed by atoms with Crippen LogP contribution in [0.25, 0.3) is 0 Å². The molecule has 0 radical (unpaired) electrons. The summed E-state index contributed by atoms with van der Waals surface area (Å²) in [4.78, 5) is 23.1. The second-order valence-corrected chi connectivity index (χ2v) is 6.78. The standard InChI is InChI=1S/C17H23N5O4/c1-17(2,3)14-10-15(21-20-14)19-16(23)11-5-6-12(18-7-8-26-4)13(9-11)22(24)25/h5-6,9-10,18H,7-8H2,1-4H3,(H2,19,20,21,23). The van der Waals surface area contributed by atoms with E-state index in [1.165, 1.54) is 18.2 Å². The number of H-pyrrole nitrogens is 1. The number of amides is 1. The number of nitrogens with zero attached hydrogens (tertiary/aromatic N) is 2. The molecule has 0 aliphatic rings. The first kappa shape index (κ1) is 19.4. The first-order valence-corrected chi connectivity index (χ1v) is 8.11. The van der Waals surface area contributed by atoms with Crippen LogP contribution in [0.2, 0.25) is 0 Å². The van der Waals surface area contributed by atoms with Crippen LogP contribution < -0.4 is 10.6 Å². The summed E-state index contributed by atoms with van der Waals surface area (Å²) >= 11 is 0. The van der Waals surface area contributed by atoms with Crippen LogP contribution in [-0.4, -0.2) is 41.3 Å². The monoisotopic (exact) mass is 361 g/mol. The molecule has 0 saturated carbocycles. The SMILES string of the molecule is COCCNc1ccc(C(=O)Nc2cc(C(C)(C)C)[nH]n2)cc1[N+](=O)[O-]. The van der Waals surface area contributed by atoms with Crippen molar-refractivity contribution in [3.05, 3.63) is 45.6 Å². The first-order valence-electron chi connectivity index (χ1n) is 8.11. The summed E-state index contributed by atoms with van der Waals surface area (Å²) in [5, 5.41) is 23.8. The fourth-order valence-electron chi connectivity index (χ4n) is 2.22. The molecule has 26 heavy (non-hydrogen) atoms. The zero-order valence-electron chi connectivity index (χ0n) is 15.3. The van der Waals surface area contributed by atoms with Crippen LogP contribution in [0.1, 0.15) is 36.8 Å². The van der Waals surface area contributed by atoms with Crippen molar-refractivity contribution < 1.29 is 14.5 Å². The lowest BCUT2D eigenvalue weighted by Gasteiger charge is -2.14. The molecule has 0 aliphatic heterocycles. The minimum atomic E-state index is -0.530. The van der Waals surface area contributed by atoms with Crippen molar-refractivity contribution in [1.29, 1.82) is 0 Å².